The second-order valence-corrected chi connectivity index (χ2v) is 10.3. The van der Waals surface area contributed by atoms with E-state index in [0.717, 1.165) is 36.1 Å². The number of benzene rings is 2. The normalized spacial score (nSPS) is 18.7. The van der Waals surface area contributed by atoms with E-state index in [0.29, 0.717) is 41.1 Å². The fourth-order valence-electron chi connectivity index (χ4n) is 4.57. The maximum atomic E-state index is 13.3. The highest BCUT2D eigenvalue weighted by atomic mass is 16.5. The number of allylic oxidation sites excluding steroid dienone is 3. The predicted octanol–water partition coefficient (Wildman–Crippen LogP) is 5.93. The molecule has 0 radical (unpaired) electrons. The van der Waals surface area contributed by atoms with Crippen molar-refractivity contribution in [3.63, 3.8) is 0 Å². The number of hydrogen-bond acceptors (Lipinski definition) is 5. The van der Waals surface area contributed by atoms with E-state index in [1.807, 2.05) is 48.5 Å². The van der Waals surface area contributed by atoms with Gasteiger partial charge < -0.3 is 19.3 Å². The smallest absolute Gasteiger partial charge is 0.203 e. The van der Waals surface area contributed by atoms with E-state index in [9.17, 15) is 9.90 Å². The monoisotopic (exact) mass is 476 g/mol. The first-order valence-corrected chi connectivity index (χ1v) is 12.5. The van der Waals surface area contributed by atoms with Crippen LogP contribution in [0.4, 0.5) is 0 Å². The first kappa shape index (κ1) is 25.1. The van der Waals surface area contributed by atoms with Gasteiger partial charge in [0.1, 0.15) is 29.5 Å². The Morgan fingerprint density at radius 2 is 1.91 bits per heavy atom. The molecule has 1 atom stereocenters. The van der Waals surface area contributed by atoms with Crippen molar-refractivity contribution >= 4 is 5.78 Å². The summed E-state index contributed by atoms with van der Waals surface area (Å²) in [6.45, 7) is 8.58. The summed E-state index contributed by atoms with van der Waals surface area (Å²) in [6.07, 6.45) is 6.46. The van der Waals surface area contributed by atoms with Gasteiger partial charge in [-0.1, -0.05) is 50.3 Å². The number of Topliss-reactive ketones (excluding diaryl/α,β-unsaturated/α-hetero) is 1. The molecule has 5 nitrogen and oxygen atoms in total. The molecule has 2 aromatic rings. The summed E-state index contributed by atoms with van der Waals surface area (Å²) in [5.41, 5.74) is 2.93. The van der Waals surface area contributed by atoms with Crippen LogP contribution in [0.15, 0.2) is 65.9 Å². The van der Waals surface area contributed by atoms with Crippen LogP contribution >= 0.6 is 0 Å². The molecule has 5 heteroatoms. The summed E-state index contributed by atoms with van der Waals surface area (Å²) < 4.78 is 18.4. The zero-order valence-corrected chi connectivity index (χ0v) is 21.2. The Bertz CT molecular complexity index is 1110. The van der Waals surface area contributed by atoms with E-state index in [2.05, 4.69) is 33.8 Å². The first-order chi connectivity index (χ1) is 16.8. The number of carbonyl (C=O) groups excluding carboxylic acids is 1. The maximum Gasteiger partial charge on any atom is 0.203 e. The summed E-state index contributed by atoms with van der Waals surface area (Å²) in [5, 5.41) is 9.89. The largest absolute Gasteiger partial charge is 0.488 e. The lowest BCUT2D eigenvalue weighted by Crippen LogP contribution is -2.33. The Hall–Kier alpha value is -3.05. The maximum absolute atomic E-state index is 13.3. The minimum absolute atomic E-state index is 0.128. The van der Waals surface area contributed by atoms with E-state index >= 15 is 0 Å². The molecule has 0 saturated heterocycles. The molecule has 2 aromatic carbocycles. The quantitative estimate of drug-likeness (QED) is 0.486. The molecule has 2 aliphatic rings. The minimum Gasteiger partial charge on any atom is -0.488 e. The van der Waals surface area contributed by atoms with Crippen molar-refractivity contribution < 1.29 is 24.1 Å². The third-order valence-corrected chi connectivity index (χ3v) is 6.80. The van der Waals surface area contributed by atoms with Crippen LogP contribution in [-0.4, -0.2) is 23.1 Å². The standard InChI is InChI=1S/C30H36O5/c1-20(2)22-10-12-24(28(16-22)33-18-21-8-6-5-7-9-21)26(32)19-34-29-23(17-31)11-13-27-25(29)14-15-30(3,4)35-27/h5-9,11-13,16,20,22,31H,10,14-15,17-19H2,1-4H3. The Kier molecular flexibility index (Phi) is 7.66. The van der Waals surface area contributed by atoms with E-state index in [1.165, 1.54) is 0 Å². The average Bonchev–Trinajstić information content (AvgIpc) is 2.85. The molecule has 0 fully saturated rings. The van der Waals surface area contributed by atoms with E-state index in [-0.39, 0.29) is 24.6 Å². The van der Waals surface area contributed by atoms with Crippen molar-refractivity contribution in [2.75, 3.05) is 6.61 Å². The molecule has 0 amide bonds. The van der Waals surface area contributed by atoms with Crippen LogP contribution in [0.3, 0.4) is 0 Å². The van der Waals surface area contributed by atoms with Gasteiger partial charge in [-0.25, -0.2) is 0 Å². The van der Waals surface area contributed by atoms with Gasteiger partial charge >= 0.3 is 0 Å². The lowest BCUT2D eigenvalue weighted by atomic mass is 9.86. The molecule has 1 heterocycles. The second-order valence-electron chi connectivity index (χ2n) is 10.3. The summed E-state index contributed by atoms with van der Waals surface area (Å²) in [7, 11) is 0. The molecule has 1 unspecified atom stereocenters. The van der Waals surface area contributed by atoms with Gasteiger partial charge in [0.05, 0.1) is 12.2 Å². The van der Waals surface area contributed by atoms with Gasteiger partial charge in [-0.2, -0.15) is 0 Å². The number of aliphatic hydroxyl groups is 1. The van der Waals surface area contributed by atoms with Gasteiger partial charge in [-0.15, -0.1) is 0 Å². The number of carbonyl (C=O) groups is 1. The van der Waals surface area contributed by atoms with Crippen LogP contribution in [0.25, 0.3) is 0 Å². The molecule has 0 spiro atoms. The third-order valence-electron chi connectivity index (χ3n) is 6.80. The van der Waals surface area contributed by atoms with Gasteiger partial charge in [0, 0.05) is 11.1 Å². The second kappa shape index (κ2) is 10.7. The molecule has 35 heavy (non-hydrogen) atoms. The number of aliphatic hydroxyl groups excluding tert-OH is 1. The highest BCUT2D eigenvalue weighted by Crippen LogP contribution is 2.40. The Balaban J connectivity index is 1.51. The number of rotatable bonds is 9. The summed E-state index contributed by atoms with van der Waals surface area (Å²) >= 11 is 0. The summed E-state index contributed by atoms with van der Waals surface area (Å²) in [5.74, 6) is 2.56. The zero-order valence-electron chi connectivity index (χ0n) is 21.2. The lowest BCUT2D eigenvalue weighted by molar-refractivity contribution is -0.117. The van der Waals surface area contributed by atoms with E-state index in [1.54, 1.807) is 0 Å². The van der Waals surface area contributed by atoms with E-state index in [4.69, 9.17) is 14.2 Å². The van der Waals surface area contributed by atoms with Gasteiger partial charge in [0.25, 0.3) is 0 Å². The third kappa shape index (κ3) is 5.96. The number of ketones is 1. The topological polar surface area (TPSA) is 65.0 Å². The zero-order chi connectivity index (χ0) is 25.0. The molecule has 1 N–H and O–H groups in total. The van der Waals surface area contributed by atoms with Gasteiger partial charge in [-0.3, -0.25) is 4.79 Å². The van der Waals surface area contributed by atoms with Crippen LogP contribution < -0.4 is 9.47 Å². The molecule has 0 aromatic heterocycles. The van der Waals surface area contributed by atoms with Crippen molar-refractivity contribution in [2.24, 2.45) is 11.8 Å². The number of fused-ring (bicyclic) bond motifs is 1. The lowest BCUT2D eigenvalue weighted by Gasteiger charge is -2.33. The van der Waals surface area contributed by atoms with Crippen LogP contribution in [0.1, 0.15) is 57.2 Å². The minimum atomic E-state index is -0.253. The summed E-state index contributed by atoms with van der Waals surface area (Å²) in [6, 6.07) is 13.6. The fraction of sp³-hybridized carbons (Fsp3) is 0.433. The molecular weight excluding hydrogens is 440 g/mol. The van der Waals surface area contributed by atoms with Gasteiger partial charge in [0.15, 0.2) is 6.61 Å². The average molecular weight is 477 g/mol. The number of ether oxygens (including phenoxy) is 3. The SMILES string of the molecule is CC(C)C1C=C(OCc2ccccc2)C(C(=O)COc2c(CO)ccc3c2CCC(C)(C)O3)=CC1. The van der Waals surface area contributed by atoms with Crippen LogP contribution in [0.5, 0.6) is 11.5 Å². The van der Waals surface area contributed by atoms with Crippen molar-refractivity contribution in [3.8, 4) is 11.5 Å². The van der Waals surface area contributed by atoms with Gasteiger partial charge in [0.2, 0.25) is 5.78 Å². The van der Waals surface area contributed by atoms with Crippen molar-refractivity contribution in [1.82, 2.24) is 0 Å². The van der Waals surface area contributed by atoms with Crippen LogP contribution in [0.2, 0.25) is 0 Å². The molecule has 4 rings (SSSR count). The van der Waals surface area contributed by atoms with Crippen molar-refractivity contribution in [2.45, 2.75) is 65.8 Å². The predicted molar refractivity (Wildman–Crippen MR) is 136 cm³/mol. The van der Waals surface area contributed by atoms with Crippen LogP contribution in [0, 0.1) is 11.8 Å². The van der Waals surface area contributed by atoms with Gasteiger partial charge in [-0.05, 0) is 68.7 Å². The highest BCUT2D eigenvalue weighted by Gasteiger charge is 2.30. The molecule has 1 aliphatic carbocycles. The van der Waals surface area contributed by atoms with E-state index < -0.39 is 0 Å². The Morgan fingerprint density at radius 1 is 1.14 bits per heavy atom. The molecule has 0 saturated carbocycles. The Morgan fingerprint density at radius 3 is 2.63 bits per heavy atom. The summed E-state index contributed by atoms with van der Waals surface area (Å²) in [4.78, 5) is 13.3. The first-order valence-electron chi connectivity index (χ1n) is 12.5. The molecular formula is C30H36O5. The Labute approximate surface area is 208 Å². The highest BCUT2D eigenvalue weighted by molar-refractivity contribution is 6.00. The molecule has 186 valence electrons. The van der Waals surface area contributed by atoms with Crippen molar-refractivity contribution in [1.29, 1.82) is 0 Å². The van der Waals surface area contributed by atoms with Crippen LogP contribution in [-0.2, 0) is 29.2 Å². The number of hydrogen-bond donors (Lipinski definition) is 1. The molecule has 1 aliphatic heterocycles. The fourth-order valence-corrected chi connectivity index (χ4v) is 4.57. The molecule has 0 bridgehead atoms. The van der Waals surface area contributed by atoms with Crippen molar-refractivity contribution in [3.05, 3.63) is 82.6 Å².